The van der Waals surface area contributed by atoms with Crippen LogP contribution in [0.5, 0.6) is 0 Å². The van der Waals surface area contributed by atoms with E-state index >= 15 is 0 Å². The summed E-state index contributed by atoms with van der Waals surface area (Å²) in [6.45, 7) is 21.6. The van der Waals surface area contributed by atoms with Crippen molar-refractivity contribution in [1.82, 2.24) is 4.98 Å². The summed E-state index contributed by atoms with van der Waals surface area (Å²) in [7, 11) is -1.65. The van der Waals surface area contributed by atoms with E-state index in [4.69, 9.17) is 16.0 Å². The standard InChI is InChI=1S/C48H55N3OSi/c1-29(2)41-26-43-37-16-12-11-15-36(37)38-21-18-34-19-22-39-40-20-17-31(4)49-48(40)52-47(39)46(34)44-23-30(3)35(25-33-13-9-10-14-33)27-50(44)32(5)24-42(38)51(43)28-45(41)53(6,7)8/h11-12,15-17,19-20,22-23,26-29,33,38,42H,5,9-10,13-14,18,21,24-25H2,1-4,6-8H3/q+2. The SMILES string of the molecule is C=C1CC2C(CCc3ccc4c(oc5nc(C)ccc54)c3-c3cc(C)c(CC4CCCC4)c[n+]31)c1ccccc1-c1cc(C(C)C)c([Si](C)(C)C)c[n+]12. The monoisotopic (exact) mass is 717 g/mol. The second-order valence-electron chi connectivity index (χ2n) is 17.9. The first kappa shape index (κ1) is 34.4. The number of hydrogen-bond acceptors (Lipinski definition) is 2. The van der Waals surface area contributed by atoms with Crippen molar-refractivity contribution in [1.29, 1.82) is 0 Å². The zero-order valence-corrected chi connectivity index (χ0v) is 33.9. The van der Waals surface area contributed by atoms with Crippen molar-refractivity contribution in [2.45, 2.75) is 117 Å². The molecule has 9 rings (SSSR count). The topological polar surface area (TPSA) is 33.8 Å². The predicted molar refractivity (Wildman–Crippen MR) is 221 cm³/mol. The number of benzene rings is 2. The first-order chi connectivity index (χ1) is 25.5. The van der Waals surface area contributed by atoms with Crippen molar-refractivity contribution < 1.29 is 13.6 Å². The molecule has 1 aliphatic carbocycles. The van der Waals surface area contributed by atoms with Gasteiger partial charge in [-0.05, 0) is 92.0 Å². The Kier molecular flexibility index (Phi) is 8.38. The minimum atomic E-state index is -1.65. The molecule has 0 bridgehead atoms. The lowest BCUT2D eigenvalue weighted by Gasteiger charge is -2.33. The number of furan rings is 1. The van der Waals surface area contributed by atoms with Gasteiger partial charge in [0.05, 0.1) is 20.1 Å². The lowest BCUT2D eigenvalue weighted by Crippen LogP contribution is -2.54. The first-order valence-electron chi connectivity index (χ1n) is 20.2. The van der Waals surface area contributed by atoms with Crippen LogP contribution in [0.15, 0.2) is 84.1 Å². The summed E-state index contributed by atoms with van der Waals surface area (Å²) < 4.78 is 12.0. The van der Waals surface area contributed by atoms with Gasteiger partial charge in [-0.3, -0.25) is 0 Å². The van der Waals surface area contributed by atoms with Gasteiger partial charge >= 0.3 is 0 Å². The number of nitrogens with zero attached hydrogens (tertiary/aromatic N) is 3. The molecule has 5 heteroatoms. The quantitative estimate of drug-likeness (QED) is 0.134. The van der Waals surface area contributed by atoms with Crippen LogP contribution < -0.4 is 14.3 Å². The van der Waals surface area contributed by atoms with Gasteiger partial charge in [-0.25, -0.2) is 4.98 Å². The molecule has 2 atom stereocenters. The summed E-state index contributed by atoms with van der Waals surface area (Å²) in [5.74, 6) is 1.58. The molecule has 2 aromatic carbocycles. The van der Waals surface area contributed by atoms with Gasteiger partial charge in [-0.2, -0.15) is 9.13 Å². The zero-order chi connectivity index (χ0) is 36.8. The molecule has 270 valence electrons. The Morgan fingerprint density at radius 1 is 0.906 bits per heavy atom. The molecule has 1 saturated carbocycles. The van der Waals surface area contributed by atoms with Crippen LogP contribution in [0.2, 0.25) is 19.6 Å². The maximum atomic E-state index is 6.80. The maximum absolute atomic E-state index is 6.80. The van der Waals surface area contributed by atoms with Crippen LogP contribution in [0.4, 0.5) is 0 Å². The lowest BCUT2D eigenvalue weighted by atomic mass is 9.77. The fraction of sp³-hybridized carbons (Fsp3) is 0.396. The second kappa shape index (κ2) is 12.9. The van der Waals surface area contributed by atoms with Gasteiger partial charge in [0, 0.05) is 50.8 Å². The van der Waals surface area contributed by atoms with Crippen molar-refractivity contribution in [3.8, 4) is 22.5 Å². The van der Waals surface area contributed by atoms with E-state index in [0.717, 1.165) is 65.1 Å². The molecule has 4 aromatic heterocycles. The van der Waals surface area contributed by atoms with Gasteiger partial charge in [0.1, 0.15) is 0 Å². The van der Waals surface area contributed by atoms with Crippen LogP contribution >= 0.6 is 0 Å². The molecule has 53 heavy (non-hydrogen) atoms. The summed E-state index contributed by atoms with van der Waals surface area (Å²) in [6.07, 6.45) is 14.5. The molecule has 0 spiro atoms. The van der Waals surface area contributed by atoms with Crippen molar-refractivity contribution in [2.24, 2.45) is 5.92 Å². The molecule has 0 amide bonds. The average molecular weight is 718 g/mol. The van der Waals surface area contributed by atoms with Crippen molar-refractivity contribution >= 4 is 41.0 Å². The lowest BCUT2D eigenvalue weighted by molar-refractivity contribution is -0.719. The highest BCUT2D eigenvalue weighted by Gasteiger charge is 2.44. The molecule has 2 aliphatic heterocycles. The molecule has 0 radical (unpaired) electrons. The third-order valence-corrected chi connectivity index (χ3v) is 15.0. The zero-order valence-electron chi connectivity index (χ0n) is 32.9. The minimum absolute atomic E-state index is 0.257. The summed E-state index contributed by atoms with van der Waals surface area (Å²) in [6, 6.07) is 23.5. The van der Waals surface area contributed by atoms with E-state index in [1.54, 1.807) is 5.19 Å². The number of aryl methyl sites for hydroxylation is 3. The first-order valence-corrected chi connectivity index (χ1v) is 23.7. The van der Waals surface area contributed by atoms with E-state index in [0.29, 0.717) is 11.8 Å². The van der Waals surface area contributed by atoms with Crippen molar-refractivity contribution in [3.63, 3.8) is 0 Å². The Bertz CT molecular complexity index is 2440. The molecule has 1 fully saturated rings. The van der Waals surface area contributed by atoms with Crippen LogP contribution in [0, 0.1) is 19.8 Å². The van der Waals surface area contributed by atoms with Gasteiger partial charge in [-0.1, -0.05) is 89.5 Å². The molecular weight excluding hydrogens is 663 g/mol. The number of rotatable bonds is 4. The minimum Gasteiger partial charge on any atom is -0.437 e. The Hall–Kier alpha value is -4.35. The largest absolute Gasteiger partial charge is 0.437 e. The summed E-state index contributed by atoms with van der Waals surface area (Å²) in [5, 5.41) is 3.80. The number of aromatic nitrogens is 3. The Labute approximate surface area is 316 Å². The molecule has 0 N–H and O–H groups in total. The van der Waals surface area contributed by atoms with Crippen LogP contribution in [0.3, 0.4) is 0 Å². The molecule has 0 saturated heterocycles. The van der Waals surface area contributed by atoms with Gasteiger partial charge in [0.25, 0.3) is 0 Å². The maximum Gasteiger partial charge on any atom is 0.227 e. The molecule has 6 heterocycles. The number of allylic oxidation sites excluding steroid dienone is 1. The highest BCUT2D eigenvalue weighted by atomic mass is 28.3. The third-order valence-electron chi connectivity index (χ3n) is 12.9. The van der Waals surface area contributed by atoms with Gasteiger partial charge in [-0.15, -0.1) is 0 Å². The predicted octanol–water partition coefficient (Wildman–Crippen LogP) is 11.1. The Morgan fingerprint density at radius 3 is 2.45 bits per heavy atom. The van der Waals surface area contributed by atoms with Crippen LogP contribution in [-0.2, 0) is 12.8 Å². The highest BCUT2D eigenvalue weighted by Crippen LogP contribution is 2.46. The van der Waals surface area contributed by atoms with Crippen LogP contribution in [0.25, 0.3) is 50.3 Å². The normalized spacial score (nSPS) is 18.9. The van der Waals surface area contributed by atoms with E-state index in [1.807, 2.05) is 6.92 Å². The van der Waals surface area contributed by atoms with E-state index in [1.165, 1.54) is 76.0 Å². The van der Waals surface area contributed by atoms with Gasteiger partial charge in [0.2, 0.25) is 17.1 Å². The number of hydrogen-bond donors (Lipinski definition) is 0. The third kappa shape index (κ3) is 5.82. The molecular formula is C48H55N3OSi+2. The molecule has 4 nitrogen and oxygen atoms in total. The van der Waals surface area contributed by atoms with E-state index in [-0.39, 0.29) is 6.04 Å². The van der Waals surface area contributed by atoms with Gasteiger partial charge < -0.3 is 4.42 Å². The van der Waals surface area contributed by atoms with Crippen molar-refractivity contribution in [3.05, 3.63) is 113 Å². The number of fused-ring (bicyclic) bond motifs is 13. The van der Waals surface area contributed by atoms with Crippen LogP contribution in [-0.4, -0.2) is 13.1 Å². The van der Waals surface area contributed by atoms with E-state index in [2.05, 4.69) is 123 Å². The fourth-order valence-electron chi connectivity index (χ4n) is 10.1. The van der Waals surface area contributed by atoms with E-state index < -0.39 is 8.07 Å². The molecule has 2 unspecified atom stereocenters. The van der Waals surface area contributed by atoms with Crippen molar-refractivity contribution in [2.75, 3.05) is 0 Å². The van der Waals surface area contributed by atoms with Crippen LogP contribution in [0.1, 0.15) is 104 Å². The van der Waals surface area contributed by atoms with Gasteiger partial charge in [0.15, 0.2) is 29.7 Å². The Balaban J connectivity index is 1.29. The number of pyridine rings is 3. The highest BCUT2D eigenvalue weighted by molar-refractivity contribution is 6.89. The summed E-state index contributed by atoms with van der Waals surface area (Å²) >= 11 is 0. The summed E-state index contributed by atoms with van der Waals surface area (Å²) in [4.78, 5) is 4.85. The molecule has 6 aromatic rings. The average Bonchev–Trinajstić information content (AvgIpc) is 3.78. The smallest absolute Gasteiger partial charge is 0.227 e. The fourth-order valence-corrected chi connectivity index (χ4v) is 11.9. The summed E-state index contributed by atoms with van der Waals surface area (Å²) in [5.41, 5.74) is 16.1. The van der Waals surface area contributed by atoms with E-state index in [9.17, 15) is 0 Å². The Morgan fingerprint density at radius 2 is 1.68 bits per heavy atom. The molecule has 3 aliphatic rings. The second-order valence-corrected chi connectivity index (χ2v) is 22.9.